The fraction of sp³-hybridized carbons (Fsp3) is 1.00. The Bertz CT molecular complexity index is 152. The highest BCUT2D eigenvalue weighted by Crippen LogP contribution is 2.48. The molecule has 0 unspecified atom stereocenters. The van der Waals surface area contributed by atoms with Gasteiger partial charge in [-0.15, -0.1) is 0 Å². The summed E-state index contributed by atoms with van der Waals surface area (Å²) in [6.45, 7) is 9.17. The van der Waals surface area contributed by atoms with Crippen LogP contribution in [0.5, 0.6) is 0 Å². The molecule has 0 saturated heterocycles. The van der Waals surface area contributed by atoms with Gasteiger partial charge >= 0.3 is 0 Å². The van der Waals surface area contributed by atoms with E-state index in [9.17, 15) is 0 Å². The van der Waals surface area contributed by atoms with Gasteiger partial charge in [-0.2, -0.15) is 0 Å². The zero-order valence-electron chi connectivity index (χ0n) is 9.89. The first kappa shape index (κ1) is 12.0. The zero-order valence-corrected chi connectivity index (χ0v) is 9.89. The topological polar surface area (TPSA) is 29.3 Å². The van der Waals surface area contributed by atoms with E-state index in [1.54, 1.807) is 0 Å². The van der Waals surface area contributed by atoms with Crippen molar-refractivity contribution in [2.24, 2.45) is 11.1 Å². The summed E-state index contributed by atoms with van der Waals surface area (Å²) in [5.74, 6) is 0. The number of hydrogen-bond donors (Lipinski definition) is 1. The number of rotatable bonds is 8. The van der Waals surface area contributed by atoms with E-state index in [-0.39, 0.29) is 0 Å². The summed E-state index contributed by atoms with van der Waals surface area (Å²) in [5.41, 5.74) is 6.28. The van der Waals surface area contributed by atoms with Crippen LogP contribution < -0.4 is 5.73 Å². The highest BCUT2D eigenvalue weighted by molar-refractivity contribution is 4.95. The molecule has 1 rings (SSSR count). The van der Waals surface area contributed by atoms with E-state index in [4.69, 9.17) is 5.73 Å². The van der Waals surface area contributed by atoms with Crippen LogP contribution in [0, 0.1) is 5.41 Å². The van der Waals surface area contributed by atoms with E-state index < -0.39 is 0 Å². The predicted molar refractivity (Wildman–Crippen MR) is 62.4 cm³/mol. The highest BCUT2D eigenvalue weighted by Gasteiger charge is 2.42. The molecule has 2 N–H and O–H groups in total. The van der Waals surface area contributed by atoms with Crippen LogP contribution in [0.4, 0.5) is 0 Å². The summed E-state index contributed by atoms with van der Waals surface area (Å²) in [6, 6.07) is 0. The van der Waals surface area contributed by atoms with Crippen molar-refractivity contribution in [1.29, 1.82) is 0 Å². The van der Waals surface area contributed by atoms with E-state index >= 15 is 0 Å². The molecule has 1 saturated carbocycles. The molecule has 2 heteroatoms. The van der Waals surface area contributed by atoms with Crippen molar-refractivity contribution in [3.8, 4) is 0 Å². The van der Waals surface area contributed by atoms with Crippen LogP contribution in [-0.2, 0) is 0 Å². The van der Waals surface area contributed by atoms with Crippen molar-refractivity contribution in [1.82, 2.24) is 4.90 Å². The number of nitrogens with zero attached hydrogens (tertiary/aromatic N) is 1. The SMILES string of the molecule is CCCCN(CC)CC1(CCN)CC1. The second-order valence-corrected chi connectivity index (χ2v) is 4.76. The van der Waals surface area contributed by atoms with Crippen LogP contribution in [0.1, 0.15) is 46.0 Å². The summed E-state index contributed by atoms with van der Waals surface area (Å²) in [5, 5.41) is 0. The quantitative estimate of drug-likeness (QED) is 0.648. The monoisotopic (exact) mass is 198 g/mol. The molecule has 0 aliphatic heterocycles. The van der Waals surface area contributed by atoms with Crippen molar-refractivity contribution >= 4 is 0 Å². The van der Waals surface area contributed by atoms with Crippen LogP contribution >= 0.6 is 0 Å². The van der Waals surface area contributed by atoms with Gasteiger partial charge in [-0.05, 0) is 50.7 Å². The maximum atomic E-state index is 5.65. The van der Waals surface area contributed by atoms with Crippen LogP contribution in [0.15, 0.2) is 0 Å². The van der Waals surface area contributed by atoms with Gasteiger partial charge in [0.05, 0.1) is 0 Å². The van der Waals surface area contributed by atoms with Crippen LogP contribution in [0.2, 0.25) is 0 Å². The molecule has 0 amide bonds. The first-order valence-corrected chi connectivity index (χ1v) is 6.19. The molecule has 14 heavy (non-hydrogen) atoms. The molecule has 1 aliphatic carbocycles. The molecule has 0 aromatic rings. The predicted octanol–water partition coefficient (Wildman–Crippen LogP) is 2.24. The van der Waals surface area contributed by atoms with Crippen LogP contribution in [-0.4, -0.2) is 31.1 Å². The molecule has 84 valence electrons. The van der Waals surface area contributed by atoms with Crippen molar-refractivity contribution in [2.75, 3.05) is 26.2 Å². The molecule has 0 aromatic carbocycles. The lowest BCUT2D eigenvalue weighted by atomic mass is 10.0. The minimum absolute atomic E-state index is 0.624. The van der Waals surface area contributed by atoms with E-state index in [1.165, 1.54) is 51.7 Å². The van der Waals surface area contributed by atoms with Crippen molar-refractivity contribution in [3.05, 3.63) is 0 Å². The van der Waals surface area contributed by atoms with Gasteiger partial charge in [0.2, 0.25) is 0 Å². The maximum Gasteiger partial charge on any atom is 0.00383 e. The largest absolute Gasteiger partial charge is 0.330 e. The third kappa shape index (κ3) is 3.58. The highest BCUT2D eigenvalue weighted by atomic mass is 15.1. The Labute approximate surface area is 88.8 Å². The Kier molecular flexibility index (Phi) is 4.90. The van der Waals surface area contributed by atoms with Gasteiger partial charge in [-0.25, -0.2) is 0 Å². The molecule has 0 bridgehead atoms. The lowest BCUT2D eigenvalue weighted by Crippen LogP contribution is -2.32. The van der Waals surface area contributed by atoms with E-state index in [0.29, 0.717) is 5.41 Å². The first-order valence-electron chi connectivity index (χ1n) is 6.19. The van der Waals surface area contributed by atoms with E-state index in [1.807, 2.05) is 0 Å². The minimum atomic E-state index is 0.624. The molecule has 0 spiro atoms. The molecular weight excluding hydrogens is 172 g/mol. The van der Waals surface area contributed by atoms with E-state index in [2.05, 4.69) is 18.7 Å². The Balaban J connectivity index is 2.25. The number of nitrogens with two attached hydrogens (primary N) is 1. The summed E-state index contributed by atoms with van der Waals surface area (Å²) in [4.78, 5) is 2.60. The molecule has 0 heterocycles. The second-order valence-electron chi connectivity index (χ2n) is 4.76. The summed E-state index contributed by atoms with van der Waals surface area (Å²) >= 11 is 0. The van der Waals surface area contributed by atoms with Gasteiger partial charge < -0.3 is 10.6 Å². The Morgan fingerprint density at radius 1 is 1.29 bits per heavy atom. The van der Waals surface area contributed by atoms with Gasteiger partial charge in [-0.1, -0.05) is 20.3 Å². The van der Waals surface area contributed by atoms with Gasteiger partial charge in [0, 0.05) is 6.54 Å². The molecule has 0 aromatic heterocycles. The average molecular weight is 198 g/mol. The first-order chi connectivity index (χ1) is 6.76. The summed E-state index contributed by atoms with van der Waals surface area (Å²) in [7, 11) is 0. The zero-order chi connectivity index (χ0) is 10.4. The van der Waals surface area contributed by atoms with E-state index in [0.717, 1.165) is 6.54 Å². The Morgan fingerprint density at radius 3 is 2.43 bits per heavy atom. The number of unbranched alkanes of at least 4 members (excludes halogenated alkanes) is 1. The molecular formula is C12H26N2. The molecule has 0 radical (unpaired) electrons. The van der Waals surface area contributed by atoms with Crippen molar-refractivity contribution in [2.45, 2.75) is 46.0 Å². The smallest absolute Gasteiger partial charge is 0.00383 e. The fourth-order valence-electron chi connectivity index (χ4n) is 2.18. The van der Waals surface area contributed by atoms with Gasteiger partial charge in [0.15, 0.2) is 0 Å². The third-order valence-corrected chi connectivity index (χ3v) is 3.47. The summed E-state index contributed by atoms with van der Waals surface area (Å²) in [6.07, 6.45) is 6.70. The van der Waals surface area contributed by atoms with Gasteiger partial charge in [-0.3, -0.25) is 0 Å². The maximum absolute atomic E-state index is 5.65. The van der Waals surface area contributed by atoms with Gasteiger partial charge in [0.25, 0.3) is 0 Å². The third-order valence-electron chi connectivity index (χ3n) is 3.47. The summed E-state index contributed by atoms with van der Waals surface area (Å²) < 4.78 is 0. The average Bonchev–Trinajstić information content (AvgIpc) is 2.93. The van der Waals surface area contributed by atoms with Crippen LogP contribution in [0.25, 0.3) is 0 Å². The molecule has 0 atom stereocenters. The van der Waals surface area contributed by atoms with Crippen molar-refractivity contribution in [3.63, 3.8) is 0 Å². The van der Waals surface area contributed by atoms with Crippen molar-refractivity contribution < 1.29 is 0 Å². The molecule has 1 fully saturated rings. The second kappa shape index (κ2) is 5.72. The molecule has 2 nitrogen and oxygen atoms in total. The fourth-order valence-corrected chi connectivity index (χ4v) is 2.18. The Hall–Kier alpha value is -0.0800. The molecule has 1 aliphatic rings. The standard InChI is InChI=1S/C12H26N2/c1-3-5-10-14(4-2)11-12(6-7-12)8-9-13/h3-11,13H2,1-2H3. The normalized spacial score (nSPS) is 18.9. The van der Waals surface area contributed by atoms with Crippen LogP contribution in [0.3, 0.4) is 0 Å². The van der Waals surface area contributed by atoms with Gasteiger partial charge in [0.1, 0.15) is 0 Å². The lowest BCUT2D eigenvalue weighted by Gasteiger charge is -2.25. The number of hydrogen-bond acceptors (Lipinski definition) is 2. The Morgan fingerprint density at radius 2 is 2.00 bits per heavy atom. The lowest BCUT2D eigenvalue weighted by molar-refractivity contribution is 0.220. The minimum Gasteiger partial charge on any atom is -0.330 e.